The van der Waals surface area contributed by atoms with E-state index in [9.17, 15) is 27.6 Å². The highest BCUT2D eigenvalue weighted by Gasteiger charge is 2.26. The van der Waals surface area contributed by atoms with Crippen molar-refractivity contribution in [1.29, 1.82) is 0 Å². The molecule has 0 aliphatic heterocycles. The number of hydrogen-bond donors (Lipinski definition) is 1. The van der Waals surface area contributed by atoms with Crippen LogP contribution in [0.15, 0.2) is 48.5 Å². The molecule has 0 aliphatic rings. The molecule has 2 rings (SSSR count). The summed E-state index contributed by atoms with van der Waals surface area (Å²) < 4.78 is 50.0. The Hall–Kier alpha value is -4.13. The number of carbonyl (C=O) groups excluding carboxylic acids is 4. The van der Waals surface area contributed by atoms with E-state index >= 15 is 0 Å². The molecule has 1 unspecified atom stereocenters. The number of para-hydroxylation sites is 2. The van der Waals surface area contributed by atoms with E-state index in [4.69, 9.17) is 22.6 Å². The standard InChI is InChI=1S/C26H31NO11S/c1-17(28)10-15-23(29)35-21-8-6-7-9-22(21)38-39(32,33)37-19-13-11-18(12-14-19)16-20(24(30)34-5)27-25(31)36-26(2,3)4/h6-9,11-14,20H,10,15-16H2,1-5H3,(H,27,31). The summed E-state index contributed by atoms with van der Waals surface area (Å²) in [5, 5.41) is 2.45. The normalized spacial score (nSPS) is 12.0. The average molecular weight is 566 g/mol. The van der Waals surface area contributed by atoms with Crippen LogP contribution in [-0.2, 0) is 40.7 Å². The third-order valence-corrected chi connectivity index (χ3v) is 5.46. The van der Waals surface area contributed by atoms with E-state index in [1.807, 2.05) is 0 Å². The van der Waals surface area contributed by atoms with E-state index in [0.717, 1.165) is 0 Å². The second kappa shape index (κ2) is 13.6. The molecule has 1 atom stereocenters. The Bertz CT molecular complexity index is 1280. The number of alkyl carbamates (subject to hydrolysis) is 1. The Morgan fingerprint density at radius 1 is 0.897 bits per heavy atom. The second-order valence-electron chi connectivity index (χ2n) is 9.27. The highest BCUT2D eigenvalue weighted by atomic mass is 32.3. The molecular formula is C26H31NO11S. The van der Waals surface area contributed by atoms with Crippen molar-refractivity contribution in [3.05, 3.63) is 54.1 Å². The predicted octanol–water partition coefficient (Wildman–Crippen LogP) is 3.27. The maximum absolute atomic E-state index is 12.5. The van der Waals surface area contributed by atoms with Gasteiger partial charge in [0, 0.05) is 12.8 Å². The fraction of sp³-hybridized carbons (Fsp3) is 0.385. The number of amides is 1. The second-order valence-corrected chi connectivity index (χ2v) is 10.4. The predicted molar refractivity (Wildman–Crippen MR) is 137 cm³/mol. The van der Waals surface area contributed by atoms with Gasteiger partial charge in [0.25, 0.3) is 0 Å². The quantitative estimate of drug-likeness (QED) is 0.297. The lowest BCUT2D eigenvalue weighted by Gasteiger charge is -2.22. The SMILES string of the molecule is COC(=O)C(Cc1ccc(OS(=O)(=O)Oc2ccccc2OC(=O)CCC(C)=O)cc1)NC(=O)OC(C)(C)C. The Labute approximate surface area is 226 Å². The molecule has 0 spiro atoms. The largest absolute Gasteiger partial charge is 0.501 e. The Morgan fingerprint density at radius 3 is 2.08 bits per heavy atom. The summed E-state index contributed by atoms with van der Waals surface area (Å²) in [5.74, 6) is -2.19. The summed E-state index contributed by atoms with van der Waals surface area (Å²) in [6.45, 7) is 6.37. The zero-order valence-electron chi connectivity index (χ0n) is 22.2. The lowest BCUT2D eigenvalue weighted by Crippen LogP contribution is -2.45. The number of Topliss-reactive ketones (excluding diaryl/α,β-unsaturated/α-hetero) is 1. The van der Waals surface area contributed by atoms with Crippen molar-refractivity contribution in [3.63, 3.8) is 0 Å². The molecule has 0 fully saturated rings. The Morgan fingerprint density at radius 2 is 1.51 bits per heavy atom. The summed E-state index contributed by atoms with van der Waals surface area (Å²) in [6, 6.07) is 10.1. The summed E-state index contributed by atoms with van der Waals surface area (Å²) in [6.07, 6.45) is -0.969. The van der Waals surface area contributed by atoms with E-state index in [1.165, 1.54) is 62.6 Å². The number of nitrogens with one attached hydrogen (secondary N) is 1. The van der Waals surface area contributed by atoms with Crippen LogP contribution < -0.4 is 18.4 Å². The van der Waals surface area contributed by atoms with Crippen LogP contribution in [0.2, 0.25) is 0 Å². The molecule has 39 heavy (non-hydrogen) atoms. The molecule has 0 heterocycles. The maximum atomic E-state index is 12.5. The monoisotopic (exact) mass is 565 g/mol. The van der Waals surface area contributed by atoms with Crippen LogP contribution in [-0.4, -0.2) is 51.0 Å². The van der Waals surface area contributed by atoms with Crippen molar-refractivity contribution >= 4 is 34.2 Å². The van der Waals surface area contributed by atoms with Gasteiger partial charge in [-0.1, -0.05) is 24.3 Å². The smallest absolute Gasteiger partial charge is 0.467 e. The molecule has 1 amide bonds. The number of carbonyl (C=O) groups is 4. The lowest BCUT2D eigenvalue weighted by molar-refractivity contribution is -0.143. The number of esters is 2. The van der Waals surface area contributed by atoms with Gasteiger partial charge in [0.2, 0.25) is 0 Å². The minimum Gasteiger partial charge on any atom is -0.467 e. The molecule has 2 aromatic rings. The fourth-order valence-corrected chi connectivity index (χ4v) is 3.74. The number of hydrogen-bond acceptors (Lipinski definition) is 11. The zero-order valence-corrected chi connectivity index (χ0v) is 23.0. The number of ether oxygens (including phenoxy) is 3. The van der Waals surface area contributed by atoms with Crippen molar-refractivity contribution in [2.75, 3.05) is 7.11 Å². The van der Waals surface area contributed by atoms with Crippen molar-refractivity contribution in [1.82, 2.24) is 5.32 Å². The van der Waals surface area contributed by atoms with Crippen LogP contribution in [0.1, 0.15) is 46.1 Å². The van der Waals surface area contributed by atoms with Crippen LogP contribution in [0, 0.1) is 0 Å². The van der Waals surface area contributed by atoms with Gasteiger partial charge in [-0.15, -0.1) is 8.42 Å². The molecule has 1 N–H and O–H groups in total. The Kier molecular flexibility index (Phi) is 10.8. The van der Waals surface area contributed by atoms with Gasteiger partial charge < -0.3 is 32.7 Å². The van der Waals surface area contributed by atoms with Crippen LogP contribution >= 0.6 is 0 Å². The molecular weight excluding hydrogens is 534 g/mol. The minimum atomic E-state index is -4.65. The number of rotatable bonds is 12. The topological polar surface area (TPSA) is 161 Å². The molecule has 12 nitrogen and oxygen atoms in total. The van der Waals surface area contributed by atoms with Crippen LogP contribution in [0.25, 0.3) is 0 Å². The molecule has 0 saturated heterocycles. The molecule has 212 valence electrons. The van der Waals surface area contributed by atoms with Crippen LogP contribution in [0.5, 0.6) is 17.2 Å². The average Bonchev–Trinajstić information content (AvgIpc) is 2.82. The van der Waals surface area contributed by atoms with Crippen molar-refractivity contribution in [2.24, 2.45) is 0 Å². The molecule has 13 heteroatoms. The molecule has 0 aliphatic carbocycles. The Balaban J connectivity index is 2.06. The number of benzene rings is 2. The molecule has 2 aromatic carbocycles. The maximum Gasteiger partial charge on any atom is 0.501 e. The summed E-state index contributed by atoms with van der Waals surface area (Å²) in [7, 11) is -3.47. The van der Waals surface area contributed by atoms with Crippen molar-refractivity contribution in [3.8, 4) is 17.2 Å². The summed E-state index contributed by atoms with van der Waals surface area (Å²) in [5.41, 5.74) is -0.218. The molecule has 0 bridgehead atoms. The van der Waals surface area contributed by atoms with Gasteiger partial charge in [0.05, 0.1) is 13.5 Å². The van der Waals surface area contributed by atoms with Gasteiger partial charge in [-0.3, -0.25) is 4.79 Å². The van der Waals surface area contributed by atoms with E-state index in [0.29, 0.717) is 5.56 Å². The third kappa shape index (κ3) is 11.4. The van der Waals surface area contributed by atoms with E-state index in [2.05, 4.69) is 5.32 Å². The van der Waals surface area contributed by atoms with E-state index in [-0.39, 0.29) is 42.3 Å². The first-order valence-corrected chi connectivity index (χ1v) is 13.1. The van der Waals surface area contributed by atoms with Gasteiger partial charge in [-0.25, -0.2) is 9.59 Å². The first kappa shape index (κ1) is 31.1. The van der Waals surface area contributed by atoms with Gasteiger partial charge in [-0.05, 0) is 57.5 Å². The highest BCUT2D eigenvalue weighted by Crippen LogP contribution is 2.29. The van der Waals surface area contributed by atoms with Gasteiger partial charge in [-0.2, -0.15) is 0 Å². The van der Waals surface area contributed by atoms with Gasteiger partial charge in [0.15, 0.2) is 11.5 Å². The van der Waals surface area contributed by atoms with Crippen LogP contribution in [0.4, 0.5) is 4.79 Å². The number of ketones is 1. The summed E-state index contributed by atoms with van der Waals surface area (Å²) >= 11 is 0. The van der Waals surface area contributed by atoms with Gasteiger partial charge in [0.1, 0.15) is 23.2 Å². The minimum absolute atomic E-state index is 0.0172. The first-order valence-electron chi connectivity index (χ1n) is 11.8. The van der Waals surface area contributed by atoms with Gasteiger partial charge >= 0.3 is 28.4 Å². The molecule has 0 aromatic heterocycles. The fourth-order valence-electron chi connectivity index (χ4n) is 3.00. The number of methoxy groups -OCH3 is 1. The highest BCUT2D eigenvalue weighted by molar-refractivity contribution is 7.82. The zero-order chi connectivity index (χ0) is 29.2. The third-order valence-electron chi connectivity index (χ3n) is 4.68. The van der Waals surface area contributed by atoms with Crippen molar-refractivity contribution in [2.45, 2.75) is 58.6 Å². The molecule has 0 saturated carbocycles. The van der Waals surface area contributed by atoms with Crippen molar-refractivity contribution < 1.29 is 50.2 Å². The van der Waals surface area contributed by atoms with E-state index in [1.54, 1.807) is 20.8 Å². The summed E-state index contributed by atoms with van der Waals surface area (Å²) in [4.78, 5) is 47.3. The molecule has 0 radical (unpaired) electrons. The first-order chi connectivity index (χ1) is 18.2. The van der Waals surface area contributed by atoms with Crippen LogP contribution in [0.3, 0.4) is 0 Å². The van der Waals surface area contributed by atoms with E-state index < -0.39 is 40.1 Å². The lowest BCUT2D eigenvalue weighted by atomic mass is 10.1.